The van der Waals surface area contributed by atoms with Gasteiger partial charge in [0, 0.05) is 12.6 Å². The van der Waals surface area contributed by atoms with Gasteiger partial charge in [-0.05, 0) is 37.1 Å². The Kier molecular flexibility index (Phi) is 3.39. The molecule has 0 amide bonds. The molecule has 0 aliphatic carbocycles. The molecule has 96 valence electrons. The van der Waals surface area contributed by atoms with Crippen molar-refractivity contribution in [2.75, 3.05) is 7.11 Å². The lowest BCUT2D eigenvalue weighted by molar-refractivity contribution is 0.411. The number of benzene rings is 1. The number of rotatable bonds is 3. The van der Waals surface area contributed by atoms with Crippen LogP contribution in [0.3, 0.4) is 0 Å². The number of aromatic nitrogens is 2. The van der Waals surface area contributed by atoms with Gasteiger partial charge in [-0.1, -0.05) is 0 Å². The minimum absolute atomic E-state index is 0.449. The van der Waals surface area contributed by atoms with Crippen LogP contribution in [0.15, 0.2) is 18.3 Å². The number of methoxy groups -OCH3 is 1. The maximum Gasteiger partial charge on any atom is 0.122 e. The van der Waals surface area contributed by atoms with E-state index in [2.05, 4.69) is 24.9 Å². The van der Waals surface area contributed by atoms with Gasteiger partial charge < -0.3 is 15.0 Å². The third kappa shape index (κ3) is 1.88. The second-order valence-corrected chi connectivity index (χ2v) is 4.39. The number of nitrogens with zero attached hydrogens (tertiary/aromatic N) is 2. The summed E-state index contributed by atoms with van der Waals surface area (Å²) < 4.78 is 7.37. The molecule has 4 nitrogen and oxygen atoms in total. The molecule has 0 aliphatic heterocycles. The van der Waals surface area contributed by atoms with Gasteiger partial charge in [-0.25, -0.2) is 4.98 Å². The van der Waals surface area contributed by atoms with Crippen molar-refractivity contribution in [3.8, 4) is 17.0 Å². The molecule has 1 heterocycles. The van der Waals surface area contributed by atoms with Crippen LogP contribution in [0.1, 0.15) is 17.0 Å². The van der Waals surface area contributed by atoms with Crippen molar-refractivity contribution in [1.82, 2.24) is 9.55 Å². The summed E-state index contributed by atoms with van der Waals surface area (Å²) in [4.78, 5) is 4.33. The summed E-state index contributed by atoms with van der Waals surface area (Å²) in [6, 6.07) is 4.06. The van der Waals surface area contributed by atoms with Gasteiger partial charge in [0.2, 0.25) is 0 Å². The average molecular weight is 245 g/mol. The van der Waals surface area contributed by atoms with Crippen LogP contribution in [0.2, 0.25) is 0 Å². The zero-order valence-electron chi connectivity index (χ0n) is 11.3. The smallest absolute Gasteiger partial charge is 0.122 e. The normalized spacial score (nSPS) is 10.7. The van der Waals surface area contributed by atoms with E-state index in [1.165, 1.54) is 11.1 Å². The molecule has 0 fully saturated rings. The Morgan fingerprint density at radius 3 is 2.56 bits per heavy atom. The number of ether oxygens (including phenoxy) is 1. The zero-order chi connectivity index (χ0) is 13.3. The molecule has 0 saturated carbocycles. The standard InChI is InChI=1S/C14H19N3O/c1-9-10(2)13(18-4)6-5-11(9)12-8-16-14(7-15)17(12)3/h5-6,8H,7,15H2,1-4H3. The Labute approximate surface area is 107 Å². The maximum absolute atomic E-state index is 5.65. The van der Waals surface area contributed by atoms with E-state index in [0.717, 1.165) is 22.8 Å². The first-order valence-corrected chi connectivity index (χ1v) is 5.95. The first-order chi connectivity index (χ1) is 8.60. The van der Waals surface area contributed by atoms with E-state index in [-0.39, 0.29) is 0 Å². The van der Waals surface area contributed by atoms with Gasteiger partial charge in [0.1, 0.15) is 11.6 Å². The van der Waals surface area contributed by atoms with Crippen LogP contribution in [-0.4, -0.2) is 16.7 Å². The molecule has 18 heavy (non-hydrogen) atoms. The van der Waals surface area contributed by atoms with Crippen molar-refractivity contribution in [3.05, 3.63) is 35.3 Å². The van der Waals surface area contributed by atoms with E-state index in [9.17, 15) is 0 Å². The Morgan fingerprint density at radius 2 is 2.00 bits per heavy atom. The van der Waals surface area contributed by atoms with Crippen LogP contribution in [-0.2, 0) is 13.6 Å². The van der Waals surface area contributed by atoms with Gasteiger partial charge in [0.25, 0.3) is 0 Å². The highest BCUT2D eigenvalue weighted by molar-refractivity contribution is 5.67. The summed E-state index contributed by atoms with van der Waals surface area (Å²) in [6.45, 7) is 4.62. The van der Waals surface area contributed by atoms with Crippen molar-refractivity contribution < 1.29 is 4.74 Å². The van der Waals surface area contributed by atoms with Gasteiger partial charge >= 0.3 is 0 Å². The predicted molar refractivity (Wildman–Crippen MR) is 72.6 cm³/mol. The van der Waals surface area contributed by atoms with E-state index in [1.807, 2.05) is 23.9 Å². The van der Waals surface area contributed by atoms with Crippen molar-refractivity contribution in [2.45, 2.75) is 20.4 Å². The molecule has 2 aromatic rings. The van der Waals surface area contributed by atoms with Crippen LogP contribution in [0, 0.1) is 13.8 Å². The quantitative estimate of drug-likeness (QED) is 0.901. The third-order valence-electron chi connectivity index (χ3n) is 3.50. The van der Waals surface area contributed by atoms with E-state index in [4.69, 9.17) is 10.5 Å². The van der Waals surface area contributed by atoms with Gasteiger partial charge in [-0.2, -0.15) is 0 Å². The molecule has 2 rings (SSSR count). The lowest BCUT2D eigenvalue weighted by Crippen LogP contribution is -2.06. The topological polar surface area (TPSA) is 53.1 Å². The molecule has 1 aromatic heterocycles. The highest BCUT2D eigenvalue weighted by atomic mass is 16.5. The number of nitrogens with two attached hydrogens (primary N) is 1. The molecule has 0 bridgehead atoms. The van der Waals surface area contributed by atoms with Crippen molar-refractivity contribution in [1.29, 1.82) is 0 Å². The van der Waals surface area contributed by atoms with E-state index < -0.39 is 0 Å². The van der Waals surface area contributed by atoms with E-state index in [0.29, 0.717) is 6.54 Å². The summed E-state index contributed by atoms with van der Waals surface area (Å²) in [7, 11) is 3.68. The molecule has 1 aromatic carbocycles. The van der Waals surface area contributed by atoms with Crippen LogP contribution in [0.4, 0.5) is 0 Å². The third-order valence-corrected chi connectivity index (χ3v) is 3.50. The lowest BCUT2D eigenvalue weighted by Gasteiger charge is -2.13. The zero-order valence-corrected chi connectivity index (χ0v) is 11.3. The molecule has 0 spiro atoms. The first kappa shape index (κ1) is 12.6. The summed E-state index contributed by atoms with van der Waals surface area (Å²) >= 11 is 0. The van der Waals surface area contributed by atoms with Gasteiger partial charge in [0.05, 0.1) is 25.5 Å². The molecule has 0 aliphatic rings. The number of imidazole rings is 1. The highest BCUT2D eigenvalue weighted by Gasteiger charge is 2.12. The van der Waals surface area contributed by atoms with Crippen LogP contribution in [0.25, 0.3) is 11.3 Å². The molecular weight excluding hydrogens is 226 g/mol. The van der Waals surface area contributed by atoms with Gasteiger partial charge in [0.15, 0.2) is 0 Å². The largest absolute Gasteiger partial charge is 0.496 e. The lowest BCUT2D eigenvalue weighted by atomic mass is 10.0. The van der Waals surface area contributed by atoms with Crippen molar-refractivity contribution >= 4 is 0 Å². The molecular formula is C14H19N3O. The Morgan fingerprint density at radius 1 is 1.28 bits per heavy atom. The number of hydrogen-bond donors (Lipinski definition) is 1. The predicted octanol–water partition coefficient (Wildman–Crippen LogP) is 2.17. The minimum atomic E-state index is 0.449. The average Bonchev–Trinajstić information content (AvgIpc) is 2.74. The fourth-order valence-corrected chi connectivity index (χ4v) is 2.18. The molecule has 0 unspecified atom stereocenters. The van der Waals surface area contributed by atoms with Crippen LogP contribution in [0.5, 0.6) is 5.75 Å². The monoisotopic (exact) mass is 245 g/mol. The maximum atomic E-state index is 5.65. The second-order valence-electron chi connectivity index (χ2n) is 4.39. The minimum Gasteiger partial charge on any atom is -0.496 e. The summed E-state index contributed by atoms with van der Waals surface area (Å²) in [5.74, 6) is 1.80. The van der Waals surface area contributed by atoms with Gasteiger partial charge in [-0.3, -0.25) is 0 Å². The first-order valence-electron chi connectivity index (χ1n) is 5.95. The highest BCUT2D eigenvalue weighted by Crippen LogP contribution is 2.31. The summed E-state index contributed by atoms with van der Waals surface area (Å²) in [6.07, 6.45) is 1.87. The molecule has 4 heteroatoms. The SMILES string of the molecule is COc1ccc(-c2cnc(CN)n2C)c(C)c1C. The number of hydrogen-bond acceptors (Lipinski definition) is 3. The summed E-state index contributed by atoms with van der Waals surface area (Å²) in [5, 5.41) is 0. The molecule has 2 N–H and O–H groups in total. The van der Waals surface area contributed by atoms with Gasteiger partial charge in [-0.15, -0.1) is 0 Å². The Balaban J connectivity index is 2.58. The molecule has 0 saturated heterocycles. The summed E-state index contributed by atoms with van der Waals surface area (Å²) in [5.41, 5.74) is 10.3. The van der Waals surface area contributed by atoms with Crippen LogP contribution < -0.4 is 10.5 Å². The van der Waals surface area contributed by atoms with E-state index >= 15 is 0 Å². The fourth-order valence-electron chi connectivity index (χ4n) is 2.18. The molecule has 0 atom stereocenters. The van der Waals surface area contributed by atoms with Crippen molar-refractivity contribution in [3.63, 3.8) is 0 Å². The Hall–Kier alpha value is -1.81. The van der Waals surface area contributed by atoms with Crippen LogP contribution >= 0.6 is 0 Å². The van der Waals surface area contributed by atoms with Crippen molar-refractivity contribution in [2.24, 2.45) is 12.8 Å². The molecule has 0 radical (unpaired) electrons. The second kappa shape index (κ2) is 4.82. The Bertz CT molecular complexity index is 573. The fraction of sp³-hybridized carbons (Fsp3) is 0.357. The van der Waals surface area contributed by atoms with E-state index in [1.54, 1.807) is 7.11 Å².